The summed E-state index contributed by atoms with van der Waals surface area (Å²) in [4.78, 5) is 144. The molecule has 4 aliphatic carbocycles. The minimum Gasteiger partial charge on any atom is -0.479 e. The van der Waals surface area contributed by atoms with Crippen LogP contribution in [0.15, 0.2) is 91.1 Å². The zero-order valence-corrected chi connectivity index (χ0v) is 60.5. The third kappa shape index (κ3) is 16.3. The van der Waals surface area contributed by atoms with Gasteiger partial charge in [0.05, 0.1) is 34.7 Å². The maximum absolute atomic E-state index is 14.3. The van der Waals surface area contributed by atoms with Gasteiger partial charge in [-0.15, -0.1) is 0 Å². The number of aromatic nitrogens is 4. The number of rotatable bonds is 28. The fourth-order valence-corrected chi connectivity index (χ4v) is 18.3. The van der Waals surface area contributed by atoms with Gasteiger partial charge in [0.15, 0.2) is 16.9 Å². The molecular formula is C75H88N12O18S. The molecule has 3 aromatic carbocycles. The molecule has 1 saturated heterocycles. The van der Waals surface area contributed by atoms with Crippen LogP contribution in [0.5, 0.6) is 0 Å². The number of aromatic carboxylic acids is 1. The third-order valence-electron chi connectivity index (χ3n) is 21.3. The lowest BCUT2D eigenvalue weighted by molar-refractivity contribution is -0.248. The van der Waals surface area contributed by atoms with E-state index in [1.165, 1.54) is 35.3 Å². The van der Waals surface area contributed by atoms with E-state index in [-0.39, 0.29) is 72.5 Å². The van der Waals surface area contributed by atoms with E-state index in [1.807, 2.05) is 59.0 Å². The Morgan fingerprint density at radius 3 is 2.24 bits per heavy atom. The zero-order valence-electron chi connectivity index (χ0n) is 59.7. The zero-order chi connectivity index (χ0) is 75.9. The summed E-state index contributed by atoms with van der Waals surface area (Å²) >= 11 is 1.39. The first-order valence-corrected chi connectivity index (χ1v) is 36.2. The number of primary amides is 1. The Bertz CT molecular complexity index is 4450. The van der Waals surface area contributed by atoms with E-state index in [0.29, 0.717) is 76.1 Å². The molecule has 8 amide bonds. The number of imide groups is 1. The summed E-state index contributed by atoms with van der Waals surface area (Å²) in [5.41, 5.74) is 10.2. The SMILES string of the molecule is Cc1c(-c2ccc(N3CCc4cccc(C(=O)Nc5nc6ccccc6s5)c4C3)nc2C(=O)O)cnn1CC12CC3(C)CC(C)(C1)CC(OCCN(CCC(N)=O)C(=O)OCc1ccc(NC(=O)[C@H](C)NC(=O)[C@@H](NC(=O)CN4C(=O)C=CC4=O)C(C)C)cc1CC[C@@H]1O[C@H](C(=O)O)[C@@H](O)[C@H](O)[C@H]1O)(C3)C2. The molecule has 562 valence electrons. The molecule has 6 aromatic rings. The van der Waals surface area contributed by atoms with Crippen molar-refractivity contribution < 1.29 is 87.7 Å². The number of carboxylic acids is 2. The molecule has 7 aliphatic rings. The van der Waals surface area contributed by atoms with Crippen molar-refractivity contribution in [3.8, 4) is 11.1 Å². The number of aliphatic hydroxyl groups excluding tert-OH is 3. The van der Waals surface area contributed by atoms with Gasteiger partial charge in [0.1, 0.15) is 49.4 Å². The highest BCUT2D eigenvalue weighted by Gasteiger charge is 2.66. The number of fused-ring (bicyclic) bond motifs is 2. The number of nitrogens with zero attached hydrogens (tertiary/aromatic N) is 7. The van der Waals surface area contributed by atoms with Crippen molar-refractivity contribution >= 4 is 97.6 Å². The molecule has 13 rings (SSSR count). The van der Waals surface area contributed by atoms with E-state index < -0.39 is 121 Å². The van der Waals surface area contributed by atoms with Gasteiger partial charge in [-0.25, -0.2) is 24.4 Å². The van der Waals surface area contributed by atoms with Crippen LogP contribution in [0.25, 0.3) is 21.3 Å². The van der Waals surface area contributed by atoms with Gasteiger partial charge in [-0.05, 0) is 159 Å². The second kappa shape index (κ2) is 30.4. The second-order valence-electron chi connectivity index (χ2n) is 30.2. The topological polar surface area (TPSA) is 427 Å². The maximum Gasteiger partial charge on any atom is 0.410 e. The second-order valence-corrected chi connectivity index (χ2v) is 31.3. The molecule has 5 fully saturated rings. The largest absolute Gasteiger partial charge is 0.479 e. The summed E-state index contributed by atoms with van der Waals surface area (Å²) < 4.78 is 21.5. The molecule has 3 aromatic heterocycles. The molecule has 0 spiro atoms. The number of hydrogen-bond donors (Lipinski definition) is 10. The summed E-state index contributed by atoms with van der Waals surface area (Å²) in [5, 5.41) is 68.8. The molecular weight excluding hydrogens is 1390 g/mol. The van der Waals surface area contributed by atoms with E-state index in [0.717, 1.165) is 71.3 Å². The molecule has 4 saturated carbocycles. The fraction of sp³-hybridized carbons (Fsp3) is 0.480. The maximum atomic E-state index is 14.3. The van der Waals surface area contributed by atoms with Crippen molar-refractivity contribution in [3.63, 3.8) is 0 Å². The summed E-state index contributed by atoms with van der Waals surface area (Å²) in [6.07, 6.45) is -0.716. The van der Waals surface area contributed by atoms with Crippen molar-refractivity contribution in [2.45, 2.75) is 174 Å². The van der Waals surface area contributed by atoms with Gasteiger partial charge in [0.2, 0.25) is 23.6 Å². The molecule has 3 aliphatic heterocycles. The number of carbonyl (C=O) groups excluding carboxylic acids is 8. The number of carbonyl (C=O) groups is 10. The summed E-state index contributed by atoms with van der Waals surface area (Å²) in [7, 11) is 0. The molecule has 106 heavy (non-hydrogen) atoms. The lowest BCUT2D eigenvalue weighted by Gasteiger charge is -2.69. The number of thiazole rings is 1. The number of aryl methyl sites for hydroxylation is 1. The van der Waals surface area contributed by atoms with E-state index in [4.69, 9.17) is 30.0 Å². The number of amides is 8. The summed E-state index contributed by atoms with van der Waals surface area (Å²) in [6, 6.07) is 19.1. The van der Waals surface area contributed by atoms with Gasteiger partial charge in [-0.1, -0.05) is 69.4 Å². The normalized spacial score (nSPS) is 24.9. The fourth-order valence-electron chi connectivity index (χ4n) is 17.4. The number of hydrogen-bond acceptors (Lipinski definition) is 21. The number of nitrogens with one attached hydrogen (secondary N) is 4. The number of anilines is 3. The molecule has 30 nitrogen and oxygen atoms in total. The monoisotopic (exact) mass is 1480 g/mol. The van der Waals surface area contributed by atoms with Crippen molar-refractivity contribution in [2.24, 2.45) is 27.9 Å². The molecule has 9 atom stereocenters. The van der Waals surface area contributed by atoms with Crippen LogP contribution in [0.4, 0.5) is 21.4 Å². The number of pyridine rings is 1. The predicted molar refractivity (Wildman–Crippen MR) is 384 cm³/mol. The van der Waals surface area contributed by atoms with Gasteiger partial charge < -0.3 is 71.2 Å². The molecule has 4 bridgehead atoms. The van der Waals surface area contributed by atoms with Crippen LogP contribution in [-0.4, -0.2) is 195 Å². The Morgan fingerprint density at radius 2 is 1.54 bits per heavy atom. The van der Waals surface area contributed by atoms with Gasteiger partial charge in [0, 0.05) is 79.4 Å². The van der Waals surface area contributed by atoms with E-state index in [1.54, 1.807) is 38.2 Å². The van der Waals surface area contributed by atoms with Crippen LogP contribution in [0.2, 0.25) is 0 Å². The number of aliphatic hydroxyl groups is 3. The highest BCUT2D eigenvalue weighted by atomic mass is 32.1. The van der Waals surface area contributed by atoms with Crippen molar-refractivity contribution in [2.75, 3.05) is 48.3 Å². The number of para-hydroxylation sites is 1. The number of carboxylic acid groups (broad SMARTS) is 2. The first-order chi connectivity index (χ1) is 50.3. The van der Waals surface area contributed by atoms with Gasteiger partial charge in [0.25, 0.3) is 17.7 Å². The van der Waals surface area contributed by atoms with Crippen LogP contribution >= 0.6 is 11.3 Å². The minimum absolute atomic E-state index is 0.00526. The van der Waals surface area contributed by atoms with E-state index in [9.17, 15) is 73.5 Å². The standard InChI is InChI=1S/C75H88N12O18S/c1-40(2)59(82-56(89)31-86-57(90)20-21-58(86)91)67(97)78-41(3)65(95)79-46-16-14-45(44(28-46)15-18-52-61(92)62(93)63(94)64(105-52)69(100)101)32-103-71(102)84(25-23-54(76)88)26-27-104-75-36-72(5)33-73(6,37-75)35-74(34-72,38-75)39-87-42(4)49(29-77-87)47-17-19-55(81-60(47)68(98)99)85-24-22-43-10-9-11-48(50(43)30-85)66(96)83-70-80-51-12-7-8-13-53(51)106-70/h7-14,16-17,19-21,28-29,40-41,52,59,61-64,92-94H,15,18,22-27,30-39H2,1-6H3,(H2,76,88)(H,78,97)(H,79,95)(H,82,89)(H,98,99)(H,100,101)(H,80,83,96)/t41-,52-,59-,61-,62+,63-,64-,72?,73?,74?,75?/m0/s1. The number of nitrogens with two attached hydrogens (primary N) is 1. The van der Waals surface area contributed by atoms with Crippen LogP contribution in [-0.2, 0) is 80.3 Å². The van der Waals surface area contributed by atoms with Crippen molar-refractivity contribution in [1.82, 2.24) is 40.2 Å². The third-order valence-corrected chi connectivity index (χ3v) is 22.3. The Labute approximate surface area is 614 Å². The smallest absolute Gasteiger partial charge is 0.410 e. The molecule has 0 radical (unpaired) electrons. The Balaban J connectivity index is 0.710. The lowest BCUT2D eigenvalue weighted by atomic mass is 9.39. The van der Waals surface area contributed by atoms with Crippen molar-refractivity contribution in [3.05, 3.63) is 130 Å². The van der Waals surface area contributed by atoms with Gasteiger partial charge in [-0.3, -0.25) is 48.5 Å². The van der Waals surface area contributed by atoms with Crippen LogP contribution < -0.4 is 31.9 Å². The van der Waals surface area contributed by atoms with Crippen LogP contribution in [0, 0.1) is 29.1 Å². The summed E-state index contributed by atoms with van der Waals surface area (Å²) in [6.45, 7) is 11.5. The predicted octanol–water partition coefficient (Wildman–Crippen LogP) is 5.40. The highest BCUT2D eigenvalue weighted by molar-refractivity contribution is 7.22. The molecule has 6 heterocycles. The van der Waals surface area contributed by atoms with Gasteiger partial charge >= 0.3 is 18.0 Å². The van der Waals surface area contributed by atoms with Crippen molar-refractivity contribution in [1.29, 1.82) is 0 Å². The summed E-state index contributed by atoms with van der Waals surface area (Å²) in [5.74, 6) is -7.40. The average Bonchev–Trinajstić information content (AvgIpc) is 0.843. The first-order valence-electron chi connectivity index (χ1n) is 35.4. The van der Waals surface area contributed by atoms with Gasteiger partial charge in [-0.2, -0.15) is 5.10 Å². The Kier molecular flexibility index (Phi) is 21.7. The highest BCUT2D eigenvalue weighted by Crippen LogP contribution is 2.72. The molecule has 31 heteroatoms. The van der Waals surface area contributed by atoms with E-state index in [2.05, 4.69) is 40.1 Å². The van der Waals surface area contributed by atoms with Crippen LogP contribution in [0.1, 0.15) is 135 Å². The van der Waals surface area contributed by atoms with E-state index >= 15 is 0 Å². The lowest BCUT2D eigenvalue weighted by Crippen LogP contribution is -2.64. The molecule has 11 N–H and O–H groups in total. The first kappa shape index (κ1) is 75.6. The number of ether oxygens (including phenoxy) is 3. The Hall–Kier alpha value is -10.0. The minimum atomic E-state index is -1.94. The number of benzene rings is 3. The molecule has 2 unspecified atom stereocenters. The van der Waals surface area contributed by atoms with Crippen LogP contribution in [0.3, 0.4) is 0 Å². The quantitative estimate of drug-likeness (QED) is 0.0275. The average molecular weight is 1480 g/mol. The Morgan fingerprint density at radius 1 is 0.802 bits per heavy atom. The number of aliphatic carboxylic acids is 1.